The Bertz CT molecular complexity index is 375. The van der Waals surface area contributed by atoms with Crippen LogP contribution in [0.5, 0.6) is 0 Å². The van der Waals surface area contributed by atoms with Gasteiger partial charge in [-0.2, -0.15) is 0 Å². The second-order valence-corrected chi connectivity index (χ2v) is 5.72. The molecule has 6 heteroatoms. The molecule has 0 amide bonds. The molecule has 3 N–H and O–H groups in total. The SMILES string of the molecule is CNC(C)(C)C(=O)C(CC(=O)O)NC(C)(C)C(C)=O. The molecule has 0 bridgehead atoms. The van der Waals surface area contributed by atoms with Crippen molar-refractivity contribution in [1.29, 1.82) is 0 Å². The molecule has 0 fully saturated rings. The molecule has 0 aliphatic rings. The fourth-order valence-electron chi connectivity index (χ4n) is 1.48. The van der Waals surface area contributed by atoms with Crippen LogP contribution < -0.4 is 10.6 Å². The van der Waals surface area contributed by atoms with Gasteiger partial charge < -0.3 is 10.4 Å². The molecule has 110 valence electrons. The molecule has 1 unspecified atom stereocenters. The Labute approximate surface area is 113 Å². The van der Waals surface area contributed by atoms with Gasteiger partial charge in [0, 0.05) is 0 Å². The maximum absolute atomic E-state index is 12.3. The predicted molar refractivity (Wildman–Crippen MR) is 72.1 cm³/mol. The number of Topliss-reactive ketones (excluding diaryl/α,β-unsaturated/α-hetero) is 2. The number of rotatable bonds is 8. The number of hydrogen-bond acceptors (Lipinski definition) is 5. The fraction of sp³-hybridized carbons (Fsp3) is 0.769. The van der Waals surface area contributed by atoms with E-state index in [-0.39, 0.29) is 18.0 Å². The lowest BCUT2D eigenvalue weighted by Gasteiger charge is -2.33. The Morgan fingerprint density at radius 1 is 1.11 bits per heavy atom. The van der Waals surface area contributed by atoms with E-state index in [4.69, 9.17) is 5.11 Å². The number of likely N-dealkylation sites (N-methyl/N-ethyl adjacent to an activating group) is 1. The van der Waals surface area contributed by atoms with E-state index in [2.05, 4.69) is 10.6 Å². The molecule has 0 radical (unpaired) electrons. The van der Waals surface area contributed by atoms with Gasteiger partial charge in [0.15, 0.2) is 5.78 Å². The lowest BCUT2D eigenvalue weighted by atomic mass is 9.89. The first-order valence-corrected chi connectivity index (χ1v) is 6.18. The van der Waals surface area contributed by atoms with Crippen LogP contribution in [0.2, 0.25) is 0 Å². The molecule has 0 aliphatic carbocycles. The smallest absolute Gasteiger partial charge is 0.305 e. The van der Waals surface area contributed by atoms with Crippen LogP contribution in [0.15, 0.2) is 0 Å². The molecule has 0 heterocycles. The summed E-state index contributed by atoms with van der Waals surface area (Å²) in [6.45, 7) is 8.01. The quantitative estimate of drug-likeness (QED) is 0.590. The highest BCUT2D eigenvalue weighted by atomic mass is 16.4. The number of nitrogens with one attached hydrogen (secondary N) is 2. The molecular weight excluding hydrogens is 248 g/mol. The highest BCUT2D eigenvalue weighted by Gasteiger charge is 2.37. The summed E-state index contributed by atoms with van der Waals surface area (Å²) in [7, 11) is 1.63. The number of carbonyl (C=O) groups excluding carboxylic acids is 2. The van der Waals surface area contributed by atoms with E-state index in [1.54, 1.807) is 34.7 Å². The maximum atomic E-state index is 12.3. The number of aliphatic carboxylic acids is 1. The summed E-state index contributed by atoms with van der Waals surface area (Å²) < 4.78 is 0. The van der Waals surface area contributed by atoms with Gasteiger partial charge in [0.1, 0.15) is 5.78 Å². The highest BCUT2D eigenvalue weighted by Crippen LogP contribution is 2.13. The lowest BCUT2D eigenvalue weighted by molar-refractivity contribution is -0.141. The summed E-state index contributed by atoms with van der Waals surface area (Å²) in [6.07, 6.45) is -0.360. The third-order valence-corrected chi connectivity index (χ3v) is 3.35. The van der Waals surface area contributed by atoms with Crippen molar-refractivity contribution in [2.75, 3.05) is 7.05 Å². The van der Waals surface area contributed by atoms with Gasteiger partial charge in [-0.3, -0.25) is 19.7 Å². The minimum Gasteiger partial charge on any atom is -0.481 e. The second-order valence-electron chi connectivity index (χ2n) is 5.72. The Hall–Kier alpha value is -1.27. The zero-order chi connectivity index (χ0) is 15.4. The Morgan fingerprint density at radius 2 is 1.58 bits per heavy atom. The number of ketones is 2. The molecule has 0 saturated carbocycles. The monoisotopic (exact) mass is 272 g/mol. The Kier molecular flexibility index (Phi) is 5.83. The molecule has 0 aromatic heterocycles. The van der Waals surface area contributed by atoms with Gasteiger partial charge in [0.2, 0.25) is 0 Å². The van der Waals surface area contributed by atoms with Crippen LogP contribution in [0.3, 0.4) is 0 Å². The average Bonchev–Trinajstić information content (AvgIpc) is 2.25. The van der Waals surface area contributed by atoms with Crippen molar-refractivity contribution in [2.45, 2.75) is 58.2 Å². The number of carbonyl (C=O) groups is 3. The van der Waals surface area contributed by atoms with E-state index < -0.39 is 23.1 Å². The summed E-state index contributed by atoms with van der Waals surface area (Å²) in [5, 5.41) is 14.6. The zero-order valence-corrected chi connectivity index (χ0v) is 12.5. The second kappa shape index (κ2) is 6.25. The van der Waals surface area contributed by atoms with Gasteiger partial charge in [-0.15, -0.1) is 0 Å². The number of carboxylic acid groups (broad SMARTS) is 1. The van der Waals surface area contributed by atoms with E-state index in [0.29, 0.717) is 0 Å². The van der Waals surface area contributed by atoms with Crippen LogP contribution in [0, 0.1) is 0 Å². The molecule has 19 heavy (non-hydrogen) atoms. The van der Waals surface area contributed by atoms with Crippen molar-refractivity contribution in [2.24, 2.45) is 0 Å². The molecule has 0 aliphatic heterocycles. The summed E-state index contributed by atoms with van der Waals surface area (Å²) in [5.74, 6) is -1.53. The predicted octanol–water partition coefficient (Wildman–Crippen LogP) is 0.354. The highest BCUT2D eigenvalue weighted by molar-refractivity contribution is 5.95. The van der Waals surface area contributed by atoms with E-state index >= 15 is 0 Å². The molecule has 1 atom stereocenters. The fourth-order valence-corrected chi connectivity index (χ4v) is 1.48. The van der Waals surface area contributed by atoms with Crippen LogP contribution in [-0.2, 0) is 14.4 Å². The van der Waals surface area contributed by atoms with E-state index in [9.17, 15) is 14.4 Å². The molecule has 0 aromatic carbocycles. The first-order valence-electron chi connectivity index (χ1n) is 6.18. The Balaban J connectivity index is 5.19. The van der Waals surface area contributed by atoms with Crippen molar-refractivity contribution in [3.8, 4) is 0 Å². The summed E-state index contributed by atoms with van der Waals surface area (Å²) in [6, 6.07) is -0.918. The maximum Gasteiger partial charge on any atom is 0.305 e. The number of hydrogen-bond donors (Lipinski definition) is 3. The van der Waals surface area contributed by atoms with Crippen molar-refractivity contribution in [1.82, 2.24) is 10.6 Å². The normalized spacial score (nSPS) is 14.0. The third-order valence-electron chi connectivity index (χ3n) is 3.35. The van der Waals surface area contributed by atoms with E-state index in [1.807, 2.05) is 0 Å². The van der Waals surface area contributed by atoms with E-state index in [0.717, 1.165) is 0 Å². The zero-order valence-electron chi connectivity index (χ0n) is 12.5. The van der Waals surface area contributed by atoms with Gasteiger partial charge in [-0.05, 0) is 41.7 Å². The summed E-state index contributed by atoms with van der Waals surface area (Å²) >= 11 is 0. The van der Waals surface area contributed by atoms with Gasteiger partial charge in [0.05, 0.1) is 23.5 Å². The van der Waals surface area contributed by atoms with Crippen LogP contribution in [0.25, 0.3) is 0 Å². The number of carboxylic acids is 1. The van der Waals surface area contributed by atoms with Crippen molar-refractivity contribution >= 4 is 17.5 Å². The third kappa shape index (κ3) is 5.08. The van der Waals surface area contributed by atoms with Gasteiger partial charge in [-0.25, -0.2) is 0 Å². The molecular formula is C13H24N2O4. The minimum atomic E-state index is -1.09. The minimum absolute atomic E-state index is 0.155. The van der Waals surface area contributed by atoms with Crippen LogP contribution in [-0.4, -0.2) is 46.8 Å². The molecule has 0 saturated heterocycles. The van der Waals surface area contributed by atoms with Crippen LogP contribution >= 0.6 is 0 Å². The molecule has 6 nitrogen and oxygen atoms in total. The standard InChI is InChI=1S/C13H24N2O4/c1-8(16)12(2,3)15-9(7-10(17)18)11(19)13(4,5)14-6/h9,14-15H,7H2,1-6H3,(H,17,18). The molecule has 0 rings (SSSR count). The van der Waals surface area contributed by atoms with Crippen molar-refractivity contribution in [3.05, 3.63) is 0 Å². The van der Waals surface area contributed by atoms with Crippen LogP contribution in [0.1, 0.15) is 41.0 Å². The lowest BCUT2D eigenvalue weighted by Crippen LogP contribution is -2.60. The summed E-state index contributed by atoms with van der Waals surface area (Å²) in [4.78, 5) is 34.7. The Morgan fingerprint density at radius 3 is 1.89 bits per heavy atom. The average molecular weight is 272 g/mol. The van der Waals surface area contributed by atoms with Gasteiger partial charge in [-0.1, -0.05) is 0 Å². The van der Waals surface area contributed by atoms with Crippen molar-refractivity contribution < 1.29 is 19.5 Å². The van der Waals surface area contributed by atoms with E-state index in [1.165, 1.54) is 6.92 Å². The summed E-state index contributed by atoms with van der Waals surface area (Å²) in [5.41, 5.74) is -1.81. The first-order chi connectivity index (χ1) is 8.44. The van der Waals surface area contributed by atoms with Crippen molar-refractivity contribution in [3.63, 3.8) is 0 Å². The topological polar surface area (TPSA) is 95.5 Å². The largest absolute Gasteiger partial charge is 0.481 e. The van der Waals surface area contributed by atoms with Crippen LogP contribution in [0.4, 0.5) is 0 Å². The van der Waals surface area contributed by atoms with Gasteiger partial charge in [0.25, 0.3) is 0 Å². The molecule has 0 spiro atoms. The molecule has 0 aromatic rings. The van der Waals surface area contributed by atoms with Gasteiger partial charge >= 0.3 is 5.97 Å². The first kappa shape index (κ1) is 17.7.